The van der Waals surface area contributed by atoms with E-state index in [0.29, 0.717) is 10.8 Å². The zero-order valence-corrected chi connectivity index (χ0v) is 9.86. The lowest BCUT2D eigenvalue weighted by Crippen LogP contribution is -2.14. The van der Waals surface area contributed by atoms with Gasteiger partial charge in [0.25, 0.3) is 0 Å². The lowest BCUT2D eigenvalue weighted by Gasteiger charge is -2.09. The minimum absolute atomic E-state index is 0.429. The molecule has 15 heavy (non-hydrogen) atoms. The van der Waals surface area contributed by atoms with Crippen molar-refractivity contribution in [1.29, 1.82) is 0 Å². The molecule has 6 heteroatoms. The van der Waals surface area contributed by atoms with Crippen molar-refractivity contribution in [2.24, 2.45) is 5.73 Å². The fourth-order valence-electron chi connectivity index (χ4n) is 1.21. The maximum absolute atomic E-state index is 5.96. The Bertz CT molecular complexity index is 460. The summed E-state index contributed by atoms with van der Waals surface area (Å²) < 4.78 is 5.50. The molecule has 1 aromatic heterocycles. The molecule has 1 atom stereocenters. The summed E-state index contributed by atoms with van der Waals surface area (Å²) in [6.07, 6.45) is 1.24. The quantitative estimate of drug-likeness (QED) is 0.922. The minimum Gasteiger partial charge on any atom is -0.343 e. The highest BCUT2D eigenvalue weighted by molar-refractivity contribution is 9.10. The van der Waals surface area contributed by atoms with E-state index in [9.17, 15) is 0 Å². The first-order valence-corrected chi connectivity index (χ1v) is 5.32. The Balaban J connectivity index is 2.41. The van der Waals surface area contributed by atoms with Crippen molar-refractivity contribution in [3.05, 3.63) is 45.5 Å². The molecule has 0 spiro atoms. The Kier molecular flexibility index (Phi) is 3.04. The van der Waals surface area contributed by atoms with Crippen LogP contribution in [0.15, 0.2) is 33.6 Å². The molecule has 0 aliphatic carbocycles. The maximum atomic E-state index is 5.96. The Morgan fingerprint density at radius 1 is 1.47 bits per heavy atom. The summed E-state index contributed by atoms with van der Waals surface area (Å²) in [5.74, 6) is 0.429. The van der Waals surface area contributed by atoms with E-state index in [0.717, 1.165) is 10.0 Å². The number of aromatic nitrogens is 2. The second-order valence-corrected chi connectivity index (χ2v) is 4.22. The van der Waals surface area contributed by atoms with Gasteiger partial charge in [0, 0.05) is 9.50 Å². The number of benzene rings is 1. The van der Waals surface area contributed by atoms with E-state index in [-0.39, 0.29) is 0 Å². The van der Waals surface area contributed by atoms with Crippen LogP contribution in [0.2, 0.25) is 5.02 Å². The summed E-state index contributed by atoms with van der Waals surface area (Å²) in [5, 5.41) is 4.31. The van der Waals surface area contributed by atoms with Crippen LogP contribution in [0.25, 0.3) is 0 Å². The second kappa shape index (κ2) is 4.30. The highest BCUT2D eigenvalue weighted by Crippen LogP contribution is 2.27. The average Bonchev–Trinajstić information content (AvgIpc) is 2.74. The molecule has 0 bridgehead atoms. The smallest absolute Gasteiger partial charge is 0.213 e. The molecule has 2 rings (SSSR count). The predicted octanol–water partition coefficient (Wildman–Crippen LogP) is 2.53. The van der Waals surface area contributed by atoms with Crippen molar-refractivity contribution in [3.63, 3.8) is 0 Å². The van der Waals surface area contributed by atoms with Crippen molar-refractivity contribution >= 4 is 27.5 Å². The molecular weight excluding hydrogens is 281 g/mol. The van der Waals surface area contributed by atoms with Gasteiger partial charge in [0.15, 0.2) is 5.82 Å². The molecule has 0 amide bonds. The van der Waals surface area contributed by atoms with E-state index in [1.807, 2.05) is 6.07 Å². The first kappa shape index (κ1) is 10.6. The number of halogens is 2. The molecule has 2 aromatic rings. The number of rotatable bonds is 2. The summed E-state index contributed by atoms with van der Waals surface area (Å²) in [5.41, 5.74) is 6.78. The van der Waals surface area contributed by atoms with Crippen LogP contribution in [0.3, 0.4) is 0 Å². The summed E-state index contributed by atoms with van der Waals surface area (Å²) in [6, 6.07) is 4.93. The standard InChI is InChI=1S/C9H7BrClN3O/c10-7-2-1-5(11)3-6(7)8(12)9-13-4-15-14-9/h1-4,8H,12H2. The molecule has 0 saturated heterocycles. The van der Waals surface area contributed by atoms with Gasteiger partial charge < -0.3 is 10.3 Å². The average molecular weight is 289 g/mol. The molecule has 2 N–H and O–H groups in total. The van der Waals surface area contributed by atoms with Crippen molar-refractivity contribution in [3.8, 4) is 0 Å². The van der Waals surface area contributed by atoms with Crippen LogP contribution in [0, 0.1) is 0 Å². The zero-order valence-electron chi connectivity index (χ0n) is 7.52. The number of nitrogens with two attached hydrogens (primary N) is 1. The predicted molar refractivity (Wildman–Crippen MR) is 59.5 cm³/mol. The monoisotopic (exact) mass is 287 g/mol. The van der Waals surface area contributed by atoms with Gasteiger partial charge in [-0.05, 0) is 23.8 Å². The molecule has 0 aliphatic heterocycles. The molecule has 1 heterocycles. The summed E-state index contributed by atoms with van der Waals surface area (Å²) in [4.78, 5) is 3.90. The van der Waals surface area contributed by atoms with Gasteiger partial charge in [0.1, 0.15) is 0 Å². The van der Waals surface area contributed by atoms with Crippen molar-refractivity contribution in [2.75, 3.05) is 0 Å². The van der Waals surface area contributed by atoms with Crippen LogP contribution >= 0.6 is 27.5 Å². The summed E-state index contributed by atoms with van der Waals surface area (Å²) in [6.45, 7) is 0. The summed E-state index contributed by atoms with van der Waals surface area (Å²) >= 11 is 9.27. The molecule has 0 saturated carbocycles. The number of nitrogens with zero attached hydrogens (tertiary/aromatic N) is 2. The Morgan fingerprint density at radius 3 is 2.93 bits per heavy atom. The number of hydrogen-bond donors (Lipinski definition) is 1. The van der Waals surface area contributed by atoms with Gasteiger partial charge in [-0.2, -0.15) is 4.98 Å². The van der Waals surface area contributed by atoms with Crippen LogP contribution in [0.4, 0.5) is 0 Å². The Labute approximate surface area is 99.5 Å². The van der Waals surface area contributed by atoms with Crippen molar-refractivity contribution in [1.82, 2.24) is 10.1 Å². The van der Waals surface area contributed by atoms with Crippen molar-refractivity contribution < 1.29 is 4.52 Å². The highest BCUT2D eigenvalue weighted by Gasteiger charge is 2.16. The van der Waals surface area contributed by atoms with Gasteiger partial charge in [-0.15, -0.1) is 0 Å². The van der Waals surface area contributed by atoms with E-state index >= 15 is 0 Å². The molecular formula is C9H7BrClN3O. The van der Waals surface area contributed by atoms with Crippen LogP contribution < -0.4 is 5.73 Å². The molecule has 78 valence electrons. The van der Waals surface area contributed by atoms with Gasteiger partial charge in [-0.1, -0.05) is 32.7 Å². The van der Waals surface area contributed by atoms with Crippen LogP contribution in [0.1, 0.15) is 17.4 Å². The van der Waals surface area contributed by atoms with E-state index in [4.69, 9.17) is 17.3 Å². The third kappa shape index (κ3) is 2.19. The fourth-order valence-corrected chi connectivity index (χ4v) is 1.88. The highest BCUT2D eigenvalue weighted by atomic mass is 79.9. The topological polar surface area (TPSA) is 64.9 Å². The third-order valence-corrected chi connectivity index (χ3v) is 2.91. The number of hydrogen-bond acceptors (Lipinski definition) is 4. The lowest BCUT2D eigenvalue weighted by atomic mass is 10.1. The molecule has 1 aromatic carbocycles. The van der Waals surface area contributed by atoms with E-state index in [1.54, 1.807) is 12.1 Å². The molecule has 4 nitrogen and oxygen atoms in total. The fraction of sp³-hybridized carbons (Fsp3) is 0.111. The molecule has 0 aliphatic rings. The van der Waals surface area contributed by atoms with Gasteiger partial charge in [-0.3, -0.25) is 0 Å². The Morgan fingerprint density at radius 2 is 2.27 bits per heavy atom. The molecule has 0 radical (unpaired) electrons. The van der Waals surface area contributed by atoms with Gasteiger partial charge in [0.2, 0.25) is 6.39 Å². The minimum atomic E-state index is -0.447. The van der Waals surface area contributed by atoms with Crippen molar-refractivity contribution in [2.45, 2.75) is 6.04 Å². The maximum Gasteiger partial charge on any atom is 0.213 e. The largest absolute Gasteiger partial charge is 0.343 e. The first-order chi connectivity index (χ1) is 7.18. The van der Waals surface area contributed by atoms with Gasteiger partial charge in [0.05, 0.1) is 6.04 Å². The van der Waals surface area contributed by atoms with E-state index in [2.05, 4.69) is 30.6 Å². The molecule has 1 unspecified atom stereocenters. The van der Waals surface area contributed by atoms with Gasteiger partial charge in [-0.25, -0.2) is 0 Å². The van der Waals surface area contributed by atoms with Crippen LogP contribution in [0.5, 0.6) is 0 Å². The SMILES string of the molecule is NC(c1ncon1)c1cc(Cl)ccc1Br. The third-order valence-electron chi connectivity index (χ3n) is 1.95. The molecule has 0 fully saturated rings. The van der Waals surface area contributed by atoms with Gasteiger partial charge >= 0.3 is 0 Å². The first-order valence-electron chi connectivity index (χ1n) is 4.15. The van der Waals surface area contributed by atoms with E-state index in [1.165, 1.54) is 6.39 Å². The van der Waals surface area contributed by atoms with E-state index < -0.39 is 6.04 Å². The normalized spacial score (nSPS) is 12.7. The lowest BCUT2D eigenvalue weighted by molar-refractivity contribution is 0.407. The zero-order chi connectivity index (χ0) is 10.8. The summed E-state index contributed by atoms with van der Waals surface area (Å²) in [7, 11) is 0. The Hall–Kier alpha value is -0.910. The second-order valence-electron chi connectivity index (χ2n) is 2.93. The van der Waals surface area contributed by atoms with Crippen LogP contribution in [-0.2, 0) is 0 Å². The van der Waals surface area contributed by atoms with Crippen LogP contribution in [-0.4, -0.2) is 10.1 Å².